The van der Waals surface area contributed by atoms with Gasteiger partial charge in [-0.1, -0.05) is 17.7 Å². The van der Waals surface area contributed by atoms with E-state index in [9.17, 15) is 18.0 Å². The molecule has 0 saturated carbocycles. The van der Waals surface area contributed by atoms with E-state index in [0.29, 0.717) is 5.69 Å². The van der Waals surface area contributed by atoms with E-state index in [1.807, 2.05) is 19.1 Å². The normalized spacial score (nSPS) is 21.9. The van der Waals surface area contributed by atoms with Crippen molar-refractivity contribution >= 4 is 38.9 Å². The molecule has 0 unspecified atom stereocenters. The SMILES string of the molecule is Cc1ccc(NC(=O)CN(C)CC(=O)N[C@H]2CS(=O)(=O)C[C@@H]2Cl)cc1. The fourth-order valence-corrected chi connectivity index (χ4v) is 5.12. The van der Waals surface area contributed by atoms with Crippen molar-refractivity contribution in [1.82, 2.24) is 10.2 Å². The summed E-state index contributed by atoms with van der Waals surface area (Å²) < 4.78 is 23.0. The average molecular weight is 388 g/mol. The maximum atomic E-state index is 12.0. The maximum absolute atomic E-state index is 12.0. The van der Waals surface area contributed by atoms with E-state index in [4.69, 9.17) is 11.6 Å². The van der Waals surface area contributed by atoms with Crippen molar-refractivity contribution in [3.05, 3.63) is 29.8 Å². The number of likely N-dealkylation sites (N-methyl/N-ethyl adjacent to an activating group) is 1. The first-order chi connectivity index (χ1) is 11.6. The van der Waals surface area contributed by atoms with E-state index in [1.165, 1.54) is 0 Å². The van der Waals surface area contributed by atoms with Crippen LogP contribution in [0.5, 0.6) is 0 Å². The van der Waals surface area contributed by atoms with Crippen LogP contribution >= 0.6 is 11.6 Å². The van der Waals surface area contributed by atoms with Gasteiger partial charge in [-0.3, -0.25) is 14.5 Å². The standard InChI is InChI=1S/C16H22ClN3O4S/c1-11-3-5-12(6-4-11)18-15(21)7-20(2)8-16(22)19-14-10-25(23,24)9-13(14)17/h3-6,13-14H,7-10H2,1-2H3,(H,18,21)(H,19,22)/t13-,14-/m0/s1. The van der Waals surface area contributed by atoms with E-state index < -0.39 is 21.3 Å². The second kappa shape index (κ2) is 8.16. The Morgan fingerprint density at radius 2 is 1.76 bits per heavy atom. The second-order valence-electron chi connectivity index (χ2n) is 6.35. The molecule has 25 heavy (non-hydrogen) atoms. The van der Waals surface area contributed by atoms with Gasteiger partial charge in [0.05, 0.1) is 36.0 Å². The highest BCUT2D eigenvalue weighted by Gasteiger charge is 2.37. The van der Waals surface area contributed by atoms with Gasteiger partial charge in [-0.05, 0) is 26.1 Å². The van der Waals surface area contributed by atoms with E-state index in [1.54, 1.807) is 24.1 Å². The Balaban J connectivity index is 1.77. The van der Waals surface area contributed by atoms with E-state index in [-0.39, 0.29) is 36.4 Å². The first kappa shape index (κ1) is 19.7. The average Bonchev–Trinajstić information content (AvgIpc) is 2.73. The van der Waals surface area contributed by atoms with Crippen LogP contribution in [0.15, 0.2) is 24.3 Å². The number of nitrogens with one attached hydrogen (secondary N) is 2. The molecule has 1 aromatic rings. The summed E-state index contributed by atoms with van der Waals surface area (Å²) in [4.78, 5) is 25.5. The zero-order valence-corrected chi connectivity index (χ0v) is 15.7. The van der Waals surface area contributed by atoms with Gasteiger partial charge < -0.3 is 10.6 Å². The summed E-state index contributed by atoms with van der Waals surface area (Å²) in [6, 6.07) is 6.81. The molecular weight excluding hydrogens is 366 g/mol. The lowest BCUT2D eigenvalue weighted by atomic mass is 10.2. The molecule has 0 aromatic heterocycles. The number of carbonyl (C=O) groups is 2. The fraction of sp³-hybridized carbons (Fsp3) is 0.500. The molecular formula is C16H22ClN3O4S. The molecule has 2 atom stereocenters. The van der Waals surface area contributed by atoms with Crippen LogP contribution < -0.4 is 10.6 Å². The Hall–Kier alpha value is -1.64. The molecule has 7 nitrogen and oxygen atoms in total. The maximum Gasteiger partial charge on any atom is 0.238 e. The Kier molecular flexibility index (Phi) is 6.42. The van der Waals surface area contributed by atoms with Crippen LogP contribution in [0.2, 0.25) is 0 Å². The number of carbonyl (C=O) groups excluding carboxylic acids is 2. The number of aryl methyl sites for hydroxylation is 1. The predicted molar refractivity (Wildman–Crippen MR) is 97.5 cm³/mol. The van der Waals surface area contributed by atoms with Gasteiger partial charge in [-0.2, -0.15) is 0 Å². The van der Waals surface area contributed by atoms with Gasteiger partial charge in [0.15, 0.2) is 9.84 Å². The van der Waals surface area contributed by atoms with Crippen molar-refractivity contribution in [1.29, 1.82) is 0 Å². The zero-order chi connectivity index (χ0) is 18.6. The third-order valence-corrected chi connectivity index (χ3v) is 6.17. The number of nitrogens with zero attached hydrogens (tertiary/aromatic N) is 1. The molecule has 2 amide bonds. The van der Waals surface area contributed by atoms with Crippen molar-refractivity contribution in [2.24, 2.45) is 0 Å². The van der Waals surface area contributed by atoms with Gasteiger partial charge in [0.1, 0.15) is 0 Å². The number of halogens is 1. The van der Waals surface area contributed by atoms with Gasteiger partial charge in [-0.25, -0.2) is 8.42 Å². The Bertz CT molecular complexity index is 736. The van der Waals surface area contributed by atoms with Crippen LogP contribution in [-0.2, 0) is 19.4 Å². The van der Waals surface area contributed by atoms with Crippen LogP contribution in [0.3, 0.4) is 0 Å². The molecule has 9 heteroatoms. The summed E-state index contributed by atoms with van der Waals surface area (Å²) in [6.45, 7) is 1.97. The highest BCUT2D eigenvalue weighted by molar-refractivity contribution is 7.91. The minimum atomic E-state index is -3.20. The summed E-state index contributed by atoms with van der Waals surface area (Å²) in [5, 5.41) is 4.75. The van der Waals surface area contributed by atoms with Crippen molar-refractivity contribution < 1.29 is 18.0 Å². The summed E-state index contributed by atoms with van der Waals surface area (Å²) >= 11 is 5.96. The first-order valence-corrected chi connectivity index (χ1v) is 10.1. The lowest BCUT2D eigenvalue weighted by molar-refractivity contribution is -0.123. The Morgan fingerprint density at radius 3 is 2.32 bits per heavy atom. The number of hydrogen-bond acceptors (Lipinski definition) is 5. The summed E-state index contributed by atoms with van der Waals surface area (Å²) in [5.41, 5.74) is 1.79. The highest BCUT2D eigenvalue weighted by Crippen LogP contribution is 2.17. The van der Waals surface area contributed by atoms with E-state index in [2.05, 4.69) is 10.6 Å². The lowest BCUT2D eigenvalue weighted by Gasteiger charge is -2.19. The Morgan fingerprint density at radius 1 is 1.16 bits per heavy atom. The van der Waals surface area contributed by atoms with Gasteiger partial charge >= 0.3 is 0 Å². The van der Waals surface area contributed by atoms with Crippen LogP contribution in [0.1, 0.15) is 5.56 Å². The molecule has 1 heterocycles. The molecule has 0 aliphatic carbocycles. The third-order valence-electron chi connectivity index (χ3n) is 3.79. The molecule has 1 saturated heterocycles. The zero-order valence-electron chi connectivity index (χ0n) is 14.2. The number of hydrogen-bond donors (Lipinski definition) is 2. The van der Waals surface area contributed by atoms with Crippen molar-refractivity contribution in [3.8, 4) is 0 Å². The predicted octanol–water partition coefficient (Wildman–Crippen LogP) is 0.386. The second-order valence-corrected chi connectivity index (χ2v) is 9.07. The van der Waals surface area contributed by atoms with Crippen molar-refractivity contribution in [2.75, 3.05) is 37.0 Å². The number of benzene rings is 1. The number of alkyl halides is 1. The fourth-order valence-electron chi connectivity index (χ4n) is 2.57. The number of amides is 2. The molecule has 1 aliphatic rings. The molecule has 0 bridgehead atoms. The van der Waals surface area contributed by atoms with Crippen molar-refractivity contribution in [3.63, 3.8) is 0 Å². The van der Waals surface area contributed by atoms with Crippen LogP contribution in [0.4, 0.5) is 5.69 Å². The molecule has 0 spiro atoms. The lowest BCUT2D eigenvalue weighted by Crippen LogP contribution is -2.46. The molecule has 1 fully saturated rings. The quantitative estimate of drug-likeness (QED) is 0.688. The molecule has 0 radical (unpaired) electrons. The summed E-state index contributed by atoms with van der Waals surface area (Å²) in [5.74, 6) is -0.880. The molecule has 2 N–H and O–H groups in total. The van der Waals surface area contributed by atoms with E-state index >= 15 is 0 Å². The smallest absolute Gasteiger partial charge is 0.238 e. The molecule has 2 rings (SSSR count). The van der Waals surface area contributed by atoms with Gasteiger partial charge in [-0.15, -0.1) is 11.6 Å². The molecule has 138 valence electrons. The van der Waals surface area contributed by atoms with Crippen LogP contribution in [-0.4, -0.2) is 68.2 Å². The van der Waals surface area contributed by atoms with Crippen molar-refractivity contribution in [2.45, 2.75) is 18.3 Å². The largest absolute Gasteiger partial charge is 0.350 e. The number of anilines is 1. The van der Waals surface area contributed by atoms with Crippen LogP contribution in [0, 0.1) is 6.92 Å². The monoisotopic (exact) mass is 387 g/mol. The highest BCUT2D eigenvalue weighted by atomic mass is 35.5. The molecule has 1 aliphatic heterocycles. The third kappa shape index (κ3) is 6.30. The van der Waals surface area contributed by atoms with Gasteiger partial charge in [0, 0.05) is 5.69 Å². The minimum Gasteiger partial charge on any atom is -0.350 e. The first-order valence-electron chi connectivity index (χ1n) is 7.83. The van der Waals surface area contributed by atoms with Gasteiger partial charge in [0.2, 0.25) is 11.8 Å². The minimum absolute atomic E-state index is 0.0263. The van der Waals surface area contributed by atoms with Gasteiger partial charge in [0.25, 0.3) is 0 Å². The number of sulfone groups is 1. The van der Waals surface area contributed by atoms with E-state index in [0.717, 1.165) is 5.56 Å². The molecule has 1 aromatic carbocycles. The number of rotatable bonds is 6. The summed E-state index contributed by atoms with van der Waals surface area (Å²) in [6.07, 6.45) is 0. The summed E-state index contributed by atoms with van der Waals surface area (Å²) in [7, 11) is -1.56. The van der Waals surface area contributed by atoms with Crippen LogP contribution in [0.25, 0.3) is 0 Å². The Labute approximate surface area is 152 Å². The topological polar surface area (TPSA) is 95.6 Å².